The lowest BCUT2D eigenvalue weighted by Crippen LogP contribution is -3.00. The van der Waals surface area contributed by atoms with E-state index in [-0.39, 0.29) is 48.4 Å². The number of hydrogen-bond acceptors (Lipinski definition) is 7. The molecule has 3 rings (SSSR count). The molecule has 1 aliphatic heterocycles. The summed E-state index contributed by atoms with van der Waals surface area (Å²) in [4.78, 5) is 36.9. The van der Waals surface area contributed by atoms with Gasteiger partial charge in [0.05, 0.1) is 13.6 Å². The highest BCUT2D eigenvalue weighted by Gasteiger charge is 2.50. The summed E-state index contributed by atoms with van der Waals surface area (Å²) in [5.74, 6) is -1.56. The Morgan fingerprint density at radius 2 is 1.76 bits per heavy atom. The van der Waals surface area contributed by atoms with Gasteiger partial charge in [0, 0.05) is 19.4 Å². The van der Waals surface area contributed by atoms with Crippen LogP contribution in [0.5, 0.6) is 0 Å². The van der Waals surface area contributed by atoms with Crippen molar-refractivity contribution in [2.24, 2.45) is 5.92 Å². The van der Waals surface area contributed by atoms with E-state index in [9.17, 15) is 19.5 Å². The van der Waals surface area contributed by atoms with Gasteiger partial charge in [-0.1, -0.05) is 43.2 Å². The van der Waals surface area contributed by atoms with Gasteiger partial charge in [-0.3, -0.25) is 4.79 Å². The van der Waals surface area contributed by atoms with E-state index in [2.05, 4.69) is 0 Å². The molecule has 0 bridgehead atoms. The molecular weight excluding hydrogens is 494 g/mol. The molecule has 33 heavy (non-hydrogen) atoms. The molecule has 1 saturated heterocycles. The largest absolute Gasteiger partial charge is 1.00 e. The average molecular weight is 528 g/mol. The standard InChI is InChI=1S/C24H34NO7.BrH/c1-25(15-22(27)31-17-20(26)16-30-2)13-12-21(14-25)32-23(28)24(29,19-10-6-7-11-19)18-8-4-3-5-9-18;/h3-5,8-9,19,21,29H,6-7,10-17H2,1-2H3;1H/q+1;/p-1/t21-,24+,25?;/m1./s1. The second kappa shape index (κ2) is 12.1. The lowest BCUT2D eigenvalue weighted by molar-refractivity contribution is -0.891. The predicted octanol–water partition coefficient (Wildman–Crippen LogP) is -1.41. The molecule has 0 spiro atoms. The fraction of sp³-hybridized carbons (Fsp3) is 0.625. The Morgan fingerprint density at radius 3 is 2.39 bits per heavy atom. The van der Waals surface area contributed by atoms with Crippen molar-refractivity contribution in [2.75, 3.05) is 47.0 Å². The molecule has 0 amide bonds. The summed E-state index contributed by atoms with van der Waals surface area (Å²) in [6, 6.07) is 9.03. The minimum atomic E-state index is -1.66. The minimum Gasteiger partial charge on any atom is -1.00 e. The SMILES string of the molecule is COCC(=O)COC(=O)C[N+]1(C)CC[C@@H](OC(=O)[C@](O)(c2ccccc2)C2CCCC2)C1.[Br-]. The maximum atomic E-state index is 13.3. The van der Waals surface area contributed by atoms with Gasteiger partial charge in [-0.15, -0.1) is 0 Å². The molecule has 1 heterocycles. The molecule has 0 aromatic heterocycles. The molecule has 1 aromatic rings. The quantitative estimate of drug-likeness (QED) is 0.294. The van der Waals surface area contributed by atoms with E-state index < -0.39 is 23.6 Å². The lowest BCUT2D eigenvalue weighted by atomic mass is 9.80. The van der Waals surface area contributed by atoms with Gasteiger partial charge < -0.3 is 40.8 Å². The smallest absolute Gasteiger partial charge is 0.362 e. The monoisotopic (exact) mass is 527 g/mol. The highest BCUT2D eigenvalue weighted by molar-refractivity contribution is 5.83. The van der Waals surface area contributed by atoms with Gasteiger partial charge in [-0.05, 0) is 18.4 Å². The number of Topliss-reactive ketones (excluding diaryl/α,β-unsaturated/α-hetero) is 1. The molecule has 0 radical (unpaired) electrons. The van der Waals surface area contributed by atoms with Gasteiger partial charge in [0.15, 0.2) is 30.6 Å². The van der Waals surface area contributed by atoms with E-state index in [0.717, 1.165) is 25.7 Å². The summed E-state index contributed by atoms with van der Waals surface area (Å²) in [7, 11) is 3.30. The van der Waals surface area contributed by atoms with Crippen LogP contribution < -0.4 is 17.0 Å². The third-order valence-electron chi connectivity index (χ3n) is 6.59. The van der Waals surface area contributed by atoms with Crippen LogP contribution in [-0.4, -0.2) is 80.4 Å². The van der Waals surface area contributed by atoms with E-state index in [1.807, 2.05) is 25.2 Å². The topological polar surface area (TPSA) is 99.1 Å². The van der Waals surface area contributed by atoms with Crippen molar-refractivity contribution in [3.8, 4) is 0 Å². The number of rotatable bonds is 10. The highest BCUT2D eigenvalue weighted by Crippen LogP contribution is 2.42. The zero-order valence-electron chi connectivity index (χ0n) is 19.3. The molecule has 9 heteroatoms. The van der Waals surface area contributed by atoms with Crippen LogP contribution in [0.3, 0.4) is 0 Å². The number of halogens is 1. The number of quaternary nitrogens is 1. The number of likely N-dealkylation sites (tertiary alicyclic amines) is 1. The van der Waals surface area contributed by atoms with Crippen LogP contribution in [0.2, 0.25) is 0 Å². The van der Waals surface area contributed by atoms with Gasteiger partial charge in [-0.25, -0.2) is 9.59 Å². The Kier molecular flexibility index (Phi) is 10.0. The molecule has 184 valence electrons. The molecule has 2 aliphatic rings. The summed E-state index contributed by atoms with van der Waals surface area (Å²) in [5, 5.41) is 11.6. The average Bonchev–Trinajstić information content (AvgIpc) is 3.43. The van der Waals surface area contributed by atoms with Crippen LogP contribution in [0.15, 0.2) is 30.3 Å². The molecule has 3 atom stereocenters. The third kappa shape index (κ3) is 6.85. The number of benzene rings is 1. The molecule has 2 fully saturated rings. The second-order valence-corrected chi connectivity index (χ2v) is 9.25. The van der Waals surface area contributed by atoms with Crippen molar-refractivity contribution in [1.29, 1.82) is 0 Å². The normalized spacial score (nSPS) is 24.5. The first kappa shape index (κ1) is 27.4. The molecule has 1 aromatic carbocycles. The maximum Gasteiger partial charge on any atom is 0.362 e. The summed E-state index contributed by atoms with van der Waals surface area (Å²) >= 11 is 0. The van der Waals surface area contributed by atoms with Crippen LogP contribution in [0.25, 0.3) is 0 Å². The Hall–Kier alpha value is -1.81. The van der Waals surface area contributed by atoms with Crippen molar-refractivity contribution >= 4 is 17.7 Å². The summed E-state index contributed by atoms with van der Waals surface area (Å²) in [6.45, 7) is 0.758. The van der Waals surface area contributed by atoms with E-state index >= 15 is 0 Å². The molecule has 1 saturated carbocycles. The summed E-state index contributed by atoms with van der Waals surface area (Å²) < 4.78 is 15.9. The Labute approximate surface area is 205 Å². The number of hydrogen-bond donors (Lipinski definition) is 1. The zero-order valence-corrected chi connectivity index (χ0v) is 20.9. The van der Waals surface area contributed by atoms with E-state index in [1.165, 1.54) is 7.11 Å². The van der Waals surface area contributed by atoms with Crippen LogP contribution in [0.1, 0.15) is 37.7 Å². The predicted molar refractivity (Wildman–Crippen MR) is 115 cm³/mol. The molecule has 1 N–H and O–H groups in total. The van der Waals surface area contributed by atoms with Gasteiger partial charge in [0.2, 0.25) is 0 Å². The Bertz CT molecular complexity index is 814. The number of esters is 2. The molecule has 1 aliphatic carbocycles. The number of nitrogens with zero attached hydrogens (tertiary/aromatic N) is 1. The van der Waals surface area contributed by atoms with Crippen molar-refractivity contribution in [1.82, 2.24) is 0 Å². The van der Waals surface area contributed by atoms with Gasteiger partial charge in [0.1, 0.15) is 13.2 Å². The van der Waals surface area contributed by atoms with Gasteiger partial charge in [-0.2, -0.15) is 0 Å². The summed E-state index contributed by atoms with van der Waals surface area (Å²) in [6.07, 6.45) is 3.74. The Morgan fingerprint density at radius 1 is 1.09 bits per heavy atom. The zero-order chi connectivity index (χ0) is 23.2. The van der Waals surface area contributed by atoms with Crippen molar-refractivity contribution in [2.45, 2.75) is 43.8 Å². The van der Waals surface area contributed by atoms with E-state index in [1.54, 1.807) is 12.1 Å². The van der Waals surface area contributed by atoms with Gasteiger partial charge in [0.25, 0.3) is 0 Å². The Balaban J connectivity index is 0.00000385. The van der Waals surface area contributed by atoms with Crippen LogP contribution in [0, 0.1) is 5.92 Å². The van der Waals surface area contributed by atoms with Crippen molar-refractivity contribution < 1.29 is 55.2 Å². The molecular formula is C24H34BrNO7. The number of likely N-dealkylation sites (N-methyl/N-ethyl adjacent to an activating group) is 1. The molecule has 1 unspecified atom stereocenters. The second-order valence-electron chi connectivity index (χ2n) is 9.25. The van der Waals surface area contributed by atoms with Crippen LogP contribution in [-0.2, 0) is 34.2 Å². The number of aliphatic hydroxyl groups is 1. The highest BCUT2D eigenvalue weighted by atomic mass is 79.9. The number of carbonyl (C=O) groups excluding carboxylic acids is 3. The minimum absolute atomic E-state index is 0. The third-order valence-corrected chi connectivity index (χ3v) is 6.59. The van der Waals surface area contributed by atoms with Crippen LogP contribution in [0.4, 0.5) is 0 Å². The summed E-state index contributed by atoms with van der Waals surface area (Å²) in [5.41, 5.74) is -1.10. The number of methoxy groups -OCH3 is 1. The van der Waals surface area contributed by atoms with E-state index in [4.69, 9.17) is 14.2 Å². The number of ketones is 1. The fourth-order valence-electron chi connectivity index (χ4n) is 4.89. The van der Waals surface area contributed by atoms with Crippen molar-refractivity contribution in [3.63, 3.8) is 0 Å². The fourth-order valence-corrected chi connectivity index (χ4v) is 4.89. The first-order valence-corrected chi connectivity index (χ1v) is 11.3. The number of ether oxygens (including phenoxy) is 3. The maximum absolute atomic E-state index is 13.3. The molecule has 8 nitrogen and oxygen atoms in total. The first-order chi connectivity index (χ1) is 15.3. The van der Waals surface area contributed by atoms with Crippen molar-refractivity contribution in [3.05, 3.63) is 35.9 Å². The van der Waals surface area contributed by atoms with Crippen LogP contribution >= 0.6 is 0 Å². The number of carbonyl (C=O) groups is 3. The lowest BCUT2D eigenvalue weighted by Gasteiger charge is -2.33. The van der Waals surface area contributed by atoms with Gasteiger partial charge >= 0.3 is 11.9 Å². The first-order valence-electron chi connectivity index (χ1n) is 11.3. The van der Waals surface area contributed by atoms with E-state index in [0.29, 0.717) is 29.6 Å².